The van der Waals surface area contributed by atoms with Crippen LogP contribution in [0.25, 0.3) is 10.9 Å². The monoisotopic (exact) mass is 342 g/mol. The molecule has 2 heterocycles. The van der Waals surface area contributed by atoms with Crippen molar-refractivity contribution in [1.29, 1.82) is 0 Å². The predicted octanol–water partition coefficient (Wildman–Crippen LogP) is 2.48. The van der Waals surface area contributed by atoms with Crippen molar-refractivity contribution in [1.82, 2.24) is 9.88 Å². The Morgan fingerprint density at radius 3 is 2.88 bits per heavy atom. The van der Waals surface area contributed by atoms with E-state index in [1.807, 2.05) is 24.3 Å². The fourth-order valence-corrected chi connectivity index (χ4v) is 3.42. The van der Waals surface area contributed by atoms with Gasteiger partial charge in [0.15, 0.2) is 0 Å². The number of nitrogens with zero attached hydrogens (tertiary/aromatic N) is 1. The van der Waals surface area contributed by atoms with Gasteiger partial charge in [0.25, 0.3) is 11.5 Å². The number of methoxy groups -OCH3 is 1. The SMILES string of the molecule is COC(=O)CC[C@@H]1CCCCN1C(=O)c1cc2ccccc2[nH]c1=O. The largest absolute Gasteiger partial charge is 0.469 e. The number of carbonyl (C=O) groups excluding carboxylic acids is 2. The average Bonchev–Trinajstić information content (AvgIpc) is 2.65. The van der Waals surface area contributed by atoms with Crippen molar-refractivity contribution >= 4 is 22.8 Å². The fraction of sp³-hybridized carbons (Fsp3) is 0.421. The number of ether oxygens (including phenoxy) is 1. The third-order valence-electron chi connectivity index (χ3n) is 4.78. The number of fused-ring (bicyclic) bond motifs is 1. The highest BCUT2D eigenvalue weighted by Gasteiger charge is 2.29. The molecule has 1 aliphatic heterocycles. The van der Waals surface area contributed by atoms with Crippen LogP contribution in [-0.4, -0.2) is 41.5 Å². The number of pyridine rings is 1. The maximum Gasteiger partial charge on any atom is 0.305 e. The maximum atomic E-state index is 13.0. The molecule has 3 rings (SSSR count). The van der Waals surface area contributed by atoms with Gasteiger partial charge >= 0.3 is 5.97 Å². The fourth-order valence-electron chi connectivity index (χ4n) is 3.42. The van der Waals surface area contributed by atoms with Gasteiger partial charge in [-0.05, 0) is 43.2 Å². The highest BCUT2D eigenvalue weighted by Crippen LogP contribution is 2.23. The van der Waals surface area contributed by atoms with Crippen LogP contribution in [0.1, 0.15) is 42.5 Å². The number of piperidine rings is 1. The molecule has 1 atom stereocenters. The molecule has 1 aliphatic rings. The van der Waals surface area contributed by atoms with Crippen LogP contribution in [-0.2, 0) is 9.53 Å². The normalized spacial score (nSPS) is 17.5. The molecule has 0 unspecified atom stereocenters. The van der Waals surface area contributed by atoms with E-state index in [0.29, 0.717) is 18.5 Å². The molecule has 6 nitrogen and oxygen atoms in total. The first-order valence-electron chi connectivity index (χ1n) is 8.60. The minimum atomic E-state index is -0.374. The Morgan fingerprint density at radius 2 is 2.08 bits per heavy atom. The summed E-state index contributed by atoms with van der Waals surface area (Å²) in [5, 5.41) is 0.827. The number of nitrogens with one attached hydrogen (secondary N) is 1. The Labute approximate surface area is 145 Å². The second kappa shape index (κ2) is 7.51. The summed E-state index contributed by atoms with van der Waals surface area (Å²) >= 11 is 0. The molecule has 1 amide bonds. The molecule has 1 N–H and O–H groups in total. The molecule has 1 aromatic heterocycles. The van der Waals surface area contributed by atoms with Crippen molar-refractivity contribution < 1.29 is 14.3 Å². The Morgan fingerprint density at radius 1 is 1.28 bits per heavy atom. The van der Waals surface area contributed by atoms with Crippen molar-refractivity contribution in [3.05, 3.63) is 46.2 Å². The maximum absolute atomic E-state index is 13.0. The van der Waals surface area contributed by atoms with Crippen molar-refractivity contribution in [2.24, 2.45) is 0 Å². The molecule has 0 spiro atoms. The van der Waals surface area contributed by atoms with Gasteiger partial charge in [-0.2, -0.15) is 0 Å². The van der Waals surface area contributed by atoms with Crippen LogP contribution in [0.15, 0.2) is 35.1 Å². The topological polar surface area (TPSA) is 79.5 Å². The molecule has 25 heavy (non-hydrogen) atoms. The summed E-state index contributed by atoms with van der Waals surface area (Å²) in [6.45, 7) is 0.608. The van der Waals surface area contributed by atoms with E-state index >= 15 is 0 Å². The molecule has 1 aromatic carbocycles. The minimum Gasteiger partial charge on any atom is -0.469 e. The zero-order valence-electron chi connectivity index (χ0n) is 14.3. The smallest absolute Gasteiger partial charge is 0.305 e. The van der Waals surface area contributed by atoms with E-state index in [4.69, 9.17) is 4.74 Å². The number of likely N-dealkylation sites (tertiary alicyclic amines) is 1. The van der Waals surface area contributed by atoms with Crippen LogP contribution in [0.4, 0.5) is 0 Å². The molecule has 2 aromatic rings. The van der Waals surface area contributed by atoms with Gasteiger partial charge in [-0.25, -0.2) is 0 Å². The standard InChI is InChI=1S/C19H22N2O4/c1-25-17(22)10-9-14-7-4-5-11-21(14)19(24)15-12-13-6-2-3-8-16(13)20-18(15)23/h2-3,6,8,12,14H,4-5,7,9-11H2,1H3,(H,20,23)/t14-/m0/s1. The summed E-state index contributed by atoms with van der Waals surface area (Å²) in [5.74, 6) is -0.539. The molecular formula is C19H22N2O4. The van der Waals surface area contributed by atoms with E-state index in [9.17, 15) is 14.4 Å². The highest BCUT2D eigenvalue weighted by atomic mass is 16.5. The number of rotatable bonds is 4. The van der Waals surface area contributed by atoms with Crippen molar-refractivity contribution in [3.8, 4) is 0 Å². The second-order valence-electron chi connectivity index (χ2n) is 6.36. The first kappa shape index (κ1) is 17.2. The van der Waals surface area contributed by atoms with Crippen LogP contribution in [0.2, 0.25) is 0 Å². The van der Waals surface area contributed by atoms with E-state index in [2.05, 4.69) is 4.98 Å². The molecule has 0 radical (unpaired) electrons. The molecule has 1 saturated heterocycles. The summed E-state index contributed by atoms with van der Waals surface area (Å²) in [6, 6.07) is 9.01. The molecular weight excluding hydrogens is 320 g/mol. The van der Waals surface area contributed by atoms with E-state index in [0.717, 1.165) is 24.6 Å². The minimum absolute atomic E-state index is 0.0359. The molecule has 0 saturated carbocycles. The lowest BCUT2D eigenvalue weighted by atomic mass is 9.97. The Bertz CT molecular complexity index is 843. The number of aromatic amines is 1. The summed E-state index contributed by atoms with van der Waals surface area (Å²) < 4.78 is 4.69. The van der Waals surface area contributed by atoms with Gasteiger partial charge in [-0.15, -0.1) is 0 Å². The van der Waals surface area contributed by atoms with E-state index in [1.54, 1.807) is 11.0 Å². The first-order chi connectivity index (χ1) is 12.1. The van der Waals surface area contributed by atoms with Crippen LogP contribution in [0.5, 0.6) is 0 Å². The number of carbonyl (C=O) groups is 2. The van der Waals surface area contributed by atoms with Gasteiger partial charge < -0.3 is 14.6 Å². The Kier molecular flexibility index (Phi) is 5.16. The number of aromatic nitrogens is 1. The van der Waals surface area contributed by atoms with Gasteiger partial charge in [0.1, 0.15) is 5.56 Å². The van der Waals surface area contributed by atoms with Gasteiger partial charge in [-0.1, -0.05) is 18.2 Å². The third kappa shape index (κ3) is 3.73. The van der Waals surface area contributed by atoms with Crippen molar-refractivity contribution in [3.63, 3.8) is 0 Å². The molecule has 0 bridgehead atoms. The summed E-state index contributed by atoms with van der Waals surface area (Å²) in [7, 11) is 1.36. The molecule has 1 fully saturated rings. The highest BCUT2D eigenvalue weighted by molar-refractivity contribution is 5.97. The third-order valence-corrected chi connectivity index (χ3v) is 4.78. The van der Waals surface area contributed by atoms with Gasteiger partial charge in [-0.3, -0.25) is 14.4 Å². The molecule has 0 aliphatic carbocycles. The number of amides is 1. The summed E-state index contributed by atoms with van der Waals surface area (Å²) in [6.07, 6.45) is 3.60. The van der Waals surface area contributed by atoms with Gasteiger partial charge in [0.2, 0.25) is 0 Å². The number of hydrogen-bond donors (Lipinski definition) is 1. The number of esters is 1. The van der Waals surface area contributed by atoms with Crippen LogP contribution in [0, 0.1) is 0 Å². The summed E-state index contributed by atoms with van der Waals surface area (Å²) in [4.78, 5) is 41.3. The van der Waals surface area contributed by atoms with Gasteiger partial charge in [0.05, 0.1) is 7.11 Å². The van der Waals surface area contributed by atoms with Crippen LogP contribution >= 0.6 is 0 Å². The van der Waals surface area contributed by atoms with Crippen LogP contribution < -0.4 is 5.56 Å². The lowest BCUT2D eigenvalue weighted by Gasteiger charge is -2.35. The molecule has 132 valence electrons. The van der Waals surface area contributed by atoms with Crippen molar-refractivity contribution in [2.75, 3.05) is 13.7 Å². The zero-order valence-corrected chi connectivity index (χ0v) is 14.3. The molecule has 6 heteroatoms. The number of hydrogen-bond acceptors (Lipinski definition) is 4. The Balaban J connectivity index is 1.86. The number of para-hydroxylation sites is 1. The van der Waals surface area contributed by atoms with E-state index < -0.39 is 0 Å². The first-order valence-corrected chi connectivity index (χ1v) is 8.60. The summed E-state index contributed by atoms with van der Waals surface area (Å²) in [5.41, 5.74) is 0.495. The van der Waals surface area contributed by atoms with Crippen LogP contribution in [0.3, 0.4) is 0 Å². The second-order valence-corrected chi connectivity index (χ2v) is 6.36. The number of H-pyrrole nitrogens is 1. The van der Waals surface area contributed by atoms with Crippen molar-refractivity contribution in [2.45, 2.75) is 38.1 Å². The van der Waals surface area contributed by atoms with E-state index in [-0.39, 0.29) is 35.5 Å². The number of benzene rings is 1. The van der Waals surface area contributed by atoms with Gasteiger partial charge in [0, 0.05) is 24.5 Å². The lowest BCUT2D eigenvalue weighted by Crippen LogP contribution is -2.45. The quantitative estimate of drug-likeness (QED) is 0.866. The average molecular weight is 342 g/mol. The lowest BCUT2D eigenvalue weighted by molar-refractivity contribution is -0.141. The predicted molar refractivity (Wildman–Crippen MR) is 94.5 cm³/mol. The Hall–Kier alpha value is -2.63. The zero-order chi connectivity index (χ0) is 17.8. The van der Waals surface area contributed by atoms with E-state index in [1.165, 1.54) is 7.11 Å².